The van der Waals surface area contributed by atoms with Crippen LogP contribution in [0.3, 0.4) is 0 Å². The minimum atomic E-state index is -4.98. The number of halogens is 3. The molecule has 0 spiro atoms. The van der Waals surface area contributed by atoms with E-state index in [0.717, 1.165) is 7.11 Å². The van der Waals surface area contributed by atoms with Crippen molar-refractivity contribution in [2.24, 2.45) is 5.73 Å². The first-order chi connectivity index (χ1) is 8.29. The summed E-state index contributed by atoms with van der Waals surface area (Å²) in [7, 11) is 0.809. The summed E-state index contributed by atoms with van der Waals surface area (Å²) >= 11 is 0. The largest absolute Gasteiger partial charge is 0.494 e. The van der Waals surface area contributed by atoms with E-state index in [2.05, 4.69) is 9.78 Å². The van der Waals surface area contributed by atoms with E-state index in [1.165, 1.54) is 0 Å². The van der Waals surface area contributed by atoms with Gasteiger partial charge in [0, 0.05) is 5.56 Å². The van der Waals surface area contributed by atoms with E-state index in [0.29, 0.717) is 5.56 Å². The van der Waals surface area contributed by atoms with E-state index in [9.17, 15) is 22.8 Å². The quantitative estimate of drug-likeness (QED) is 0.648. The molecule has 0 saturated carbocycles. The van der Waals surface area contributed by atoms with Gasteiger partial charge in [0.25, 0.3) is 0 Å². The lowest BCUT2D eigenvalue weighted by atomic mass is 10.2. The third-order valence-corrected chi connectivity index (χ3v) is 1.45. The Hall–Kier alpha value is -2.09. The van der Waals surface area contributed by atoms with Crippen molar-refractivity contribution in [3.63, 3.8) is 0 Å². The molecule has 0 atom stereocenters. The number of hydrogen-bond donors (Lipinski definition) is 1. The smallest absolute Gasteiger partial charge is 0.366 e. The van der Waals surface area contributed by atoms with E-state index >= 15 is 0 Å². The highest BCUT2D eigenvalue weighted by Gasteiger charge is 2.41. The molecule has 0 aliphatic rings. The van der Waals surface area contributed by atoms with Crippen molar-refractivity contribution < 1.29 is 32.5 Å². The Morgan fingerprint density at radius 2 is 1.67 bits per heavy atom. The number of hydrogen-bond acceptors (Lipinski definition) is 4. The summed E-state index contributed by atoms with van der Waals surface area (Å²) in [6, 6.07) is 8.76. The van der Waals surface area contributed by atoms with Crippen molar-refractivity contribution in [2.45, 2.75) is 6.18 Å². The zero-order valence-electron chi connectivity index (χ0n) is 9.23. The maximum absolute atomic E-state index is 11.1. The monoisotopic (exact) mass is 265 g/mol. The van der Waals surface area contributed by atoms with Crippen molar-refractivity contribution in [3.8, 4) is 0 Å². The lowest BCUT2D eigenvalue weighted by molar-refractivity contribution is -0.287. The van der Waals surface area contributed by atoms with Crippen LogP contribution in [0.5, 0.6) is 0 Å². The molecule has 0 fully saturated rings. The van der Waals surface area contributed by atoms with Gasteiger partial charge in [-0.1, -0.05) is 18.2 Å². The van der Waals surface area contributed by atoms with E-state index in [4.69, 9.17) is 5.73 Å². The van der Waals surface area contributed by atoms with Crippen LogP contribution in [0.25, 0.3) is 0 Å². The fourth-order valence-electron chi connectivity index (χ4n) is 0.725. The Morgan fingerprint density at radius 1 is 1.17 bits per heavy atom. The van der Waals surface area contributed by atoms with Crippen LogP contribution in [0, 0.1) is 0 Å². The first-order valence-corrected chi connectivity index (χ1v) is 4.45. The van der Waals surface area contributed by atoms with Crippen LogP contribution < -0.4 is 5.73 Å². The molecule has 0 bridgehead atoms. The molecule has 0 saturated heterocycles. The number of primary amides is 1. The molecule has 18 heavy (non-hydrogen) atoms. The van der Waals surface area contributed by atoms with Gasteiger partial charge in [-0.2, -0.15) is 18.1 Å². The van der Waals surface area contributed by atoms with Crippen LogP contribution in [-0.4, -0.2) is 25.2 Å². The average Bonchev–Trinajstić information content (AvgIpc) is 2.30. The summed E-state index contributed by atoms with van der Waals surface area (Å²) in [5.41, 5.74) is 5.53. The molecule has 0 aliphatic carbocycles. The molecular formula is C10H10F3NO4. The second-order valence-electron chi connectivity index (χ2n) is 2.77. The molecule has 0 heterocycles. The minimum absolute atomic E-state index is 0.379. The number of nitrogens with two attached hydrogens (primary N) is 1. The van der Waals surface area contributed by atoms with Gasteiger partial charge in [-0.05, 0) is 12.1 Å². The van der Waals surface area contributed by atoms with Gasteiger partial charge >= 0.3 is 12.1 Å². The number of rotatable bonds is 2. The third kappa shape index (κ3) is 6.48. The van der Waals surface area contributed by atoms with Crippen molar-refractivity contribution in [3.05, 3.63) is 35.9 Å². The summed E-state index contributed by atoms with van der Waals surface area (Å²) in [6.07, 6.45) is -4.98. The van der Waals surface area contributed by atoms with Gasteiger partial charge in [0.15, 0.2) is 0 Å². The molecule has 0 aliphatic heterocycles. The van der Waals surface area contributed by atoms with Gasteiger partial charge in [0.05, 0.1) is 7.11 Å². The summed E-state index contributed by atoms with van der Waals surface area (Å²) in [5.74, 6) is -2.74. The molecule has 8 heteroatoms. The normalized spacial score (nSPS) is 10.0. The van der Waals surface area contributed by atoms with Gasteiger partial charge in [-0.15, -0.1) is 0 Å². The highest BCUT2D eigenvalue weighted by Crippen LogP contribution is 2.15. The van der Waals surface area contributed by atoms with Gasteiger partial charge in [0.1, 0.15) is 0 Å². The molecular weight excluding hydrogens is 255 g/mol. The Morgan fingerprint density at radius 3 is 1.89 bits per heavy atom. The number of alkyl halides is 3. The van der Waals surface area contributed by atoms with Gasteiger partial charge in [-0.25, -0.2) is 4.79 Å². The van der Waals surface area contributed by atoms with Gasteiger partial charge < -0.3 is 5.73 Å². The zero-order chi connectivity index (χ0) is 14.2. The van der Waals surface area contributed by atoms with Crippen LogP contribution in [0.2, 0.25) is 0 Å². The second kappa shape index (κ2) is 7.28. The molecule has 2 N–H and O–H groups in total. The lowest BCUT2D eigenvalue weighted by Gasteiger charge is -2.01. The molecule has 1 aromatic rings. The minimum Gasteiger partial charge on any atom is -0.366 e. The van der Waals surface area contributed by atoms with Crippen molar-refractivity contribution >= 4 is 11.9 Å². The molecule has 0 aromatic heterocycles. The van der Waals surface area contributed by atoms with Gasteiger partial charge in [0.2, 0.25) is 5.91 Å². The number of benzene rings is 1. The summed E-state index contributed by atoms with van der Waals surface area (Å²) < 4.78 is 33.2. The molecule has 0 radical (unpaired) electrons. The maximum Gasteiger partial charge on any atom is 0.494 e. The topological polar surface area (TPSA) is 78.6 Å². The SMILES string of the molecule is COOC(=O)C(F)(F)F.NC(=O)c1ccccc1. The molecule has 1 amide bonds. The molecule has 5 nitrogen and oxygen atoms in total. The van der Waals surface area contributed by atoms with Crippen LogP contribution >= 0.6 is 0 Å². The number of carbonyl (C=O) groups is 2. The Kier molecular flexibility index (Phi) is 6.43. The van der Waals surface area contributed by atoms with Crippen LogP contribution in [0.1, 0.15) is 10.4 Å². The average molecular weight is 265 g/mol. The van der Waals surface area contributed by atoms with Gasteiger partial charge in [-0.3, -0.25) is 9.68 Å². The number of carbonyl (C=O) groups excluding carboxylic acids is 2. The zero-order valence-corrected chi connectivity index (χ0v) is 9.23. The second-order valence-corrected chi connectivity index (χ2v) is 2.77. The van der Waals surface area contributed by atoms with Crippen molar-refractivity contribution in [1.82, 2.24) is 0 Å². The third-order valence-electron chi connectivity index (χ3n) is 1.45. The first kappa shape index (κ1) is 15.9. The van der Waals surface area contributed by atoms with E-state index < -0.39 is 12.1 Å². The van der Waals surface area contributed by atoms with Crippen LogP contribution in [-0.2, 0) is 14.6 Å². The van der Waals surface area contributed by atoms with Crippen LogP contribution in [0.15, 0.2) is 30.3 Å². The first-order valence-electron chi connectivity index (χ1n) is 4.45. The highest BCUT2D eigenvalue weighted by molar-refractivity contribution is 5.92. The maximum atomic E-state index is 11.1. The van der Waals surface area contributed by atoms with Crippen LogP contribution in [0.4, 0.5) is 13.2 Å². The van der Waals surface area contributed by atoms with Crippen molar-refractivity contribution in [2.75, 3.05) is 7.11 Å². The standard InChI is InChI=1S/C7H7NO.C3H3F3O3/c8-7(9)6-4-2-1-3-5-6;1-8-9-2(7)3(4,5)6/h1-5H,(H2,8,9);1H3. The Labute approximate surface area is 100 Å². The van der Waals surface area contributed by atoms with E-state index in [1.807, 2.05) is 6.07 Å². The fraction of sp³-hybridized carbons (Fsp3) is 0.200. The predicted molar refractivity (Wildman–Crippen MR) is 54.1 cm³/mol. The molecule has 1 aromatic carbocycles. The predicted octanol–water partition coefficient (Wildman–Crippen LogP) is 1.44. The molecule has 100 valence electrons. The summed E-state index contributed by atoms with van der Waals surface area (Å²) in [6.45, 7) is 0. The number of amides is 1. The lowest BCUT2D eigenvalue weighted by Crippen LogP contribution is -2.24. The molecule has 1 rings (SSSR count). The summed E-state index contributed by atoms with van der Waals surface area (Å²) in [5, 5.41) is 0. The summed E-state index contributed by atoms with van der Waals surface area (Å²) in [4.78, 5) is 26.6. The Bertz CT molecular complexity index is 392. The van der Waals surface area contributed by atoms with E-state index in [-0.39, 0.29) is 5.91 Å². The highest BCUT2D eigenvalue weighted by atomic mass is 19.4. The Balaban J connectivity index is 0.000000321. The fourth-order valence-corrected chi connectivity index (χ4v) is 0.725. The van der Waals surface area contributed by atoms with E-state index in [1.54, 1.807) is 24.3 Å². The molecule has 0 unspecified atom stereocenters. The van der Waals surface area contributed by atoms with Crippen molar-refractivity contribution in [1.29, 1.82) is 0 Å².